The summed E-state index contributed by atoms with van der Waals surface area (Å²) in [5, 5.41) is 20.9. The molecule has 0 heterocycles. The first kappa shape index (κ1) is 33.4. The van der Waals surface area contributed by atoms with Gasteiger partial charge in [-0.25, -0.2) is 4.79 Å². The van der Waals surface area contributed by atoms with Gasteiger partial charge in [-0.15, -0.1) is 0 Å². The van der Waals surface area contributed by atoms with Gasteiger partial charge in [0.15, 0.2) is 11.5 Å². The van der Waals surface area contributed by atoms with Gasteiger partial charge in [0.05, 0.1) is 51.9 Å². The Bertz CT molecular complexity index is 1220. The van der Waals surface area contributed by atoms with Crippen molar-refractivity contribution in [2.75, 3.05) is 34.2 Å². The predicted octanol–water partition coefficient (Wildman–Crippen LogP) is 3.11. The number of primary amides is 1. The molecule has 2 amide bonds. The lowest BCUT2D eigenvalue weighted by Gasteiger charge is -2.23. The number of alkyl carbamates (subject to hydrolysis) is 1. The van der Waals surface area contributed by atoms with Gasteiger partial charge in [-0.1, -0.05) is 6.07 Å². The van der Waals surface area contributed by atoms with Crippen molar-refractivity contribution in [1.82, 2.24) is 5.32 Å². The zero-order chi connectivity index (χ0) is 30.6. The van der Waals surface area contributed by atoms with E-state index in [1.165, 1.54) is 28.3 Å². The average Bonchev–Trinajstić information content (AvgIpc) is 2.88. The molecule has 0 unspecified atom stereocenters. The number of rotatable bonds is 9. The predicted molar refractivity (Wildman–Crippen MR) is 151 cm³/mol. The van der Waals surface area contributed by atoms with Crippen molar-refractivity contribution in [3.05, 3.63) is 41.5 Å². The highest BCUT2D eigenvalue weighted by Gasteiger charge is 2.26. The minimum atomic E-state index is -1.14. The molecule has 0 aliphatic carbocycles. The number of nitrogens with two attached hydrogens (primary N) is 2. The Balaban J connectivity index is 0.000000459. The second-order valence-corrected chi connectivity index (χ2v) is 9.35. The van der Waals surface area contributed by atoms with Crippen molar-refractivity contribution in [3.8, 4) is 29.1 Å². The highest BCUT2D eigenvalue weighted by Crippen LogP contribution is 2.40. The van der Waals surface area contributed by atoms with Crippen molar-refractivity contribution < 1.29 is 38.4 Å². The number of nitriles is 1. The quantitative estimate of drug-likeness (QED) is 0.202. The van der Waals surface area contributed by atoms with Crippen molar-refractivity contribution in [2.24, 2.45) is 5.73 Å². The van der Waals surface area contributed by atoms with Crippen LogP contribution in [0, 0.1) is 11.3 Å². The van der Waals surface area contributed by atoms with Gasteiger partial charge in [-0.3, -0.25) is 4.79 Å². The second kappa shape index (κ2) is 15.1. The molecule has 0 fully saturated rings. The van der Waals surface area contributed by atoms with Gasteiger partial charge in [0, 0.05) is 0 Å². The van der Waals surface area contributed by atoms with Crippen LogP contribution in [-0.4, -0.2) is 63.3 Å². The smallest absolute Gasteiger partial charge is 0.408 e. The minimum absolute atomic E-state index is 0.434. The number of nitrogen functional groups attached to an aromatic ring is 1. The molecule has 0 saturated heterocycles. The van der Waals surface area contributed by atoms with Crippen LogP contribution in [0.4, 0.5) is 10.5 Å². The lowest BCUT2D eigenvalue weighted by Crippen LogP contribution is -2.51. The molecule has 12 nitrogen and oxygen atoms in total. The van der Waals surface area contributed by atoms with Crippen molar-refractivity contribution in [2.45, 2.75) is 45.4 Å². The molecule has 0 radical (unpaired) electrons. The molecule has 0 aliphatic rings. The molecule has 218 valence electrons. The van der Waals surface area contributed by atoms with E-state index in [4.69, 9.17) is 40.3 Å². The number of nitrogens with one attached hydrogen (secondary N) is 1. The fourth-order valence-electron chi connectivity index (χ4n) is 3.29. The number of hydrogen-bond donors (Lipinski definition) is 4. The number of carbonyl (C=O) groups excluding carboxylic acids is 2. The van der Waals surface area contributed by atoms with Gasteiger partial charge >= 0.3 is 6.09 Å². The highest BCUT2D eigenvalue weighted by molar-refractivity contribution is 5.91. The SMILES string of the molecule is COc1ccc(/C=C(/C#N)c2cc(OC)c(OC)c(OC)c2)cc1N.C[C@@H](O)[C@H](NC(=O)OC(C)(C)C)C(N)=O. The van der Waals surface area contributed by atoms with Crippen LogP contribution in [0.25, 0.3) is 11.6 Å². The van der Waals surface area contributed by atoms with Gasteiger partial charge in [0.2, 0.25) is 11.7 Å². The number of allylic oxidation sites excluding steroid dienone is 1. The van der Waals surface area contributed by atoms with Crippen molar-refractivity contribution in [1.29, 1.82) is 5.26 Å². The van der Waals surface area contributed by atoms with E-state index in [0.29, 0.717) is 39.8 Å². The number of anilines is 1. The third-order valence-electron chi connectivity index (χ3n) is 5.12. The summed E-state index contributed by atoms with van der Waals surface area (Å²) in [6.07, 6.45) is -0.113. The number of nitrogens with zero attached hydrogens (tertiary/aromatic N) is 1. The van der Waals surface area contributed by atoms with Gasteiger partial charge < -0.3 is 45.6 Å². The Morgan fingerprint density at radius 3 is 1.93 bits per heavy atom. The van der Waals surface area contributed by atoms with E-state index in [1.54, 1.807) is 58.2 Å². The molecule has 12 heteroatoms. The summed E-state index contributed by atoms with van der Waals surface area (Å²) in [5.41, 5.74) is 12.6. The number of aliphatic hydroxyl groups excluding tert-OH is 1. The Kier molecular flexibility index (Phi) is 12.6. The molecule has 2 rings (SSSR count). The van der Waals surface area contributed by atoms with Crippen LogP contribution >= 0.6 is 0 Å². The van der Waals surface area contributed by atoms with E-state index in [2.05, 4.69) is 11.4 Å². The van der Waals surface area contributed by atoms with E-state index in [0.717, 1.165) is 5.56 Å². The maximum Gasteiger partial charge on any atom is 0.408 e. The summed E-state index contributed by atoms with van der Waals surface area (Å²) < 4.78 is 26.0. The van der Waals surface area contributed by atoms with Gasteiger partial charge in [-0.05, 0) is 69.2 Å². The van der Waals surface area contributed by atoms with Crippen LogP contribution in [-0.2, 0) is 9.53 Å². The van der Waals surface area contributed by atoms with Crippen LogP contribution in [0.3, 0.4) is 0 Å². The first-order valence-electron chi connectivity index (χ1n) is 12.0. The number of benzene rings is 2. The Labute approximate surface area is 234 Å². The molecule has 2 atom stereocenters. The summed E-state index contributed by atoms with van der Waals surface area (Å²) >= 11 is 0. The number of carbonyl (C=O) groups is 2. The minimum Gasteiger partial charge on any atom is -0.495 e. The monoisotopic (exact) mass is 558 g/mol. The number of amides is 2. The Morgan fingerprint density at radius 1 is 1.00 bits per heavy atom. The summed E-state index contributed by atoms with van der Waals surface area (Å²) in [4.78, 5) is 22.1. The van der Waals surface area contributed by atoms with Crippen LogP contribution in [0.1, 0.15) is 38.8 Å². The maximum absolute atomic E-state index is 11.2. The first-order valence-corrected chi connectivity index (χ1v) is 12.0. The van der Waals surface area contributed by atoms with E-state index < -0.39 is 29.7 Å². The molecular weight excluding hydrogens is 520 g/mol. The van der Waals surface area contributed by atoms with Crippen LogP contribution in [0.5, 0.6) is 23.0 Å². The highest BCUT2D eigenvalue weighted by atomic mass is 16.6. The topological polar surface area (TPSA) is 188 Å². The number of methoxy groups -OCH3 is 4. The molecule has 2 aromatic rings. The molecular formula is C28H38N4O8. The molecule has 0 aromatic heterocycles. The van der Waals surface area contributed by atoms with E-state index in [1.807, 2.05) is 6.07 Å². The molecule has 0 bridgehead atoms. The zero-order valence-corrected chi connectivity index (χ0v) is 24.0. The van der Waals surface area contributed by atoms with Gasteiger partial charge in [0.25, 0.3) is 0 Å². The van der Waals surface area contributed by atoms with E-state index in [9.17, 15) is 14.9 Å². The third-order valence-corrected chi connectivity index (χ3v) is 5.12. The zero-order valence-electron chi connectivity index (χ0n) is 24.0. The fourth-order valence-corrected chi connectivity index (χ4v) is 3.29. The summed E-state index contributed by atoms with van der Waals surface area (Å²) in [7, 11) is 6.14. The molecule has 40 heavy (non-hydrogen) atoms. The number of hydrogen-bond acceptors (Lipinski definition) is 10. The molecule has 2 aromatic carbocycles. The van der Waals surface area contributed by atoms with Crippen molar-refractivity contribution in [3.63, 3.8) is 0 Å². The number of aliphatic hydroxyl groups is 1. The lowest BCUT2D eigenvalue weighted by atomic mass is 10.0. The van der Waals surface area contributed by atoms with Gasteiger partial charge in [0.1, 0.15) is 17.4 Å². The lowest BCUT2D eigenvalue weighted by molar-refractivity contribution is -0.122. The summed E-state index contributed by atoms with van der Waals surface area (Å²) in [6.45, 7) is 6.42. The standard InChI is InChI=1S/C19H20N2O4.C9H18N2O4/c1-22-16-6-5-12(8-15(16)21)7-14(11-20)13-9-17(23-2)19(25-4)18(10-13)24-3;1-5(12)6(7(10)13)11-8(14)15-9(2,3)4/h5-10H,21H2,1-4H3;5-6,12H,1-4H3,(H2,10,13)(H,11,14)/b14-7-;/t;5-,6+/m.1/s1. The molecule has 0 saturated carbocycles. The largest absolute Gasteiger partial charge is 0.495 e. The maximum atomic E-state index is 11.2. The normalized spacial score (nSPS) is 12.4. The van der Waals surface area contributed by atoms with Gasteiger partial charge in [-0.2, -0.15) is 5.26 Å². The van der Waals surface area contributed by atoms with E-state index >= 15 is 0 Å². The molecule has 0 aliphatic heterocycles. The Hall–Kier alpha value is -4.63. The summed E-state index contributed by atoms with van der Waals surface area (Å²) in [6, 6.07) is 9.83. The van der Waals surface area contributed by atoms with Crippen molar-refractivity contribution >= 4 is 29.3 Å². The van der Waals surface area contributed by atoms with Crippen LogP contribution in [0.2, 0.25) is 0 Å². The molecule has 6 N–H and O–H groups in total. The van der Waals surface area contributed by atoms with Crippen LogP contribution < -0.4 is 35.7 Å². The number of ether oxygens (including phenoxy) is 5. The van der Waals surface area contributed by atoms with E-state index in [-0.39, 0.29) is 0 Å². The van der Waals surface area contributed by atoms with Crippen LogP contribution in [0.15, 0.2) is 30.3 Å². The second-order valence-electron chi connectivity index (χ2n) is 9.35. The third kappa shape index (κ3) is 9.92. The summed E-state index contributed by atoms with van der Waals surface area (Å²) in [5.74, 6) is 1.21. The average molecular weight is 559 g/mol. The molecule has 0 spiro atoms. The fraction of sp³-hybridized carbons (Fsp3) is 0.393. The first-order chi connectivity index (χ1) is 18.7. The Morgan fingerprint density at radius 2 is 1.55 bits per heavy atom.